The molecule has 0 heterocycles. The van der Waals surface area contributed by atoms with E-state index in [0.717, 1.165) is 0 Å². The van der Waals surface area contributed by atoms with Crippen molar-refractivity contribution >= 4 is 34.8 Å². The van der Waals surface area contributed by atoms with Crippen molar-refractivity contribution in [1.82, 2.24) is 0 Å². The molecule has 3 aromatic carbocycles. The Balaban J connectivity index is 1.54. The average Bonchev–Trinajstić information content (AvgIpc) is 2.74. The molecule has 3 rings (SSSR count). The van der Waals surface area contributed by atoms with Gasteiger partial charge >= 0.3 is 0 Å². The SMILES string of the molecule is COc1ccccc1NC(=O)COc1ccc(C(=O)Nc2ccccc2Cl)cc1. The van der Waals surface area contributed by atoms with Crippen molar-refractivity contribution in [2.75, 3.05) is 24.4 Å². The molecule has 7 heteroatoms. The van der Waals surface area contributed by atoms with E-state index in [1.807, 2.05) is 6.07 Å². The number of carbonyl (C=O) groups excluding carboxylic acids is 2. The lowest BCUT2D eigenvalue weighted by molar-refractivity contribution is -0.118. The van der Waals surface area contributed by atoms with Gasteiger partial charge in [-0.3, -0.25) is 9.59 Å². The Kier molecular flexibility index (Phi) is 6.71. The number of benzene rings is 3. The van der Waals surface area contributed by atoms with E-state index in [2.05, 4.69) is 10.6 Å². The molecule has 0 aliphatic rings. The fourth-order valence-corrected chi connectivity index (χ4v) is 2.73. The van der Waals surface area contributed by atoms with Crippen LogP contribution in [-0.4, -0.2) is 25.5 Å². The summed E-state index contributed by atoms with van der Waals surface area (Å²) < 4.78 is 10.7. The number of anilines is 2. The molecule has 0 saturated heterocycles. The first kappa shape index (κ1) is 20.2. The Morgan fingerprint density at radius 1 is 0.862 bits per heavy atom. The molecular weight excluding hydrogens is 392 g/mol. The third-order valence-corrected chi connectivity index (χ3v) is 4.32. The van der Waals surface area contributed by atoms with Crippen molar-refractivity contribution in [1.29, 1.82) is 0 Å². The van der Waals surface area contributed by atoms with Crippen LogP contribution >= 0.6 is 11.6 Å². The van der Waals surface area contributed by atoms with Crippen LogP contribution < -0.4 is 20.1 Å². The molecule has 0 saturated carbocycles. The highest BCUT2D eigenvalue weighted by atomic mass is 35.5. The zero-order valence-electron chi connectivity index (χ0n) is 15.6. The highest BCUT2D eigenvalue weighted by Gasteiger charge is 2.10. The summed E-state index contributed by atoms with van der Waals surface area (Å²) in [4.78, 5) is 24.4. The molecule has 0 atom stereocenters. The average molecular weight is 411 g/mol. The number of rotatable bonds is 7. The van der Waals surface area contributed by atoms with Crippen LogP contribution in [0.25, 0.3) is 0 Å². The van der Waals surface area contributed by atoms with Crippen LogP contribution in [0.1, 0.15) is 10.4 Å². The normalized spacial score (nSPS) is 10.1. The molecule has 148 valence electrons. The van der Waals surface area contributed by atoms with E-state index in [0.29, 0.717) is 33.5 Å². The van der Waals surface area contributed by atoms with E-state index < -0.39 is 0 Å². The van der Waals surface area contributed by atoms with Gasteiger partial charge in [-0.25, -0.2) is 0 Å². The van der Waals surface area contributed by atoms with Gasteiger partial charge in [-0.05, 0) is 48.5 Å². The quantitative estimate of drug-likeness (QED) is 0.596. The largest absolute Gasteiger partial charge is 0.495 e. The number of para-hydroxylation sites is 3. The van der Waals surface area contributed by atoms with Crippen LogP contribution in [0.5, 0.6) is 11.5 Å². The first-order valence-electron chi connectivity index (χ1n) is 8.78. The van der Waals surface area contributed by atoms with Crippen LogP contribution in [0, 0.1) is 0 Å². The summed E-state index contributed by atoms with van der Waals surface area (Å²) in [5.74, 6) is 0.415. The van der Waals surface area contributed by atoms with Crippen molar-refractivity contribution in [3.05, 3.63) is 83.4 Å². The van der Waals surface area contributed by atoms with E-state index in [9.17, 15) is 9.59 Å². The number of methoxy groups -OCH3 is 1. The maximum atomic E-state index is 12.3. The highest BCUT2D eigenvalue weighted by Crippen LogP contribution is 2.23. The molecule has 0 aromatic heterocycles. The third kappa shape index (κ3) is 5.49. The van der Waals surface area contributed by atoms with Crippen LogP contribution in [0.15, 0.2) is 72.8 Å². The second-order valence-corrected chi connectivity index (χ2v) is 6.40. The summed E-state index contributed by atoms with van der Waals surface area (Å²) in [6.45, 7) is -0.177. The van der Waals surface area contributed by atoms with Crippen LogP contribution in [0.4, 0.5) is 11.4 Å². The van der Waals surface area contributed by atoms with Gasteiger partial charge in [0.2, 0.25) is 0 Å². The molecule has 2 amide bonds. The molecule has 0 spiro atoms. The van der Waals surface area contributed by atoms with Crippen molar-refractivity contribution < 1.29 is 19.1 Å². The summed E-state index contributed by atoms with van der Waals surface area (Å²) in [6, 6.07) is 20.6. The van der Waals surface area contributed by atoms with Crippen molar-refractivity contribution in [3.63, 3.8) is 0 Å². The fourth-order valence-electron chi connectivity index (χ4n) is 2.54. The zero-order valence-corrected chi connectivity index (χ0v) is 16.4. The number of hydrogen-bond donors (Lipinski definition) is 2. The summed E-state index contributed by atoms with van der Waals surface area (Å²) in [7, 11) is 1.53. The lowest BCUT2D eigenvalue weighted by atomic mass is 10.2. The second kappa shape index (κ2) is 9.61. The van der Waals surface area contributed by atoms with Crippen LogP contribution in [0.3, 0.4) is 0 Å². The number of hydrogen-bond acceptors (Lipinski definition) is 4. The highest BCUT2D eigenvalue weighted by molar-refractivity contribution is 6.33. The van der Waals surface area contributed by atoms with Crippen molar-refractivity contribution in [3.8, 4) is 11.5 Å². The minimum Gasteiger partial charge on any atom is -0.495 e. The molecule has 0 bridgehead atoms. The molecule has 0 fully saturated rings. The van der Waals surface area contributed by atoms with Gasteiger partial charge in [0.05, 0.1) is 23.5 Å². The minimum absolute atomic E-state index is 0.177. The molecule has 29 heavy (non-hydrogen) atoms. The van der Waals surface area contributed by atoms with E-state index in [-0.39, 0.29) is 18.4 Å². The zero-order chi connectivity index (χ0) is 20.6. The Labute approximate surface area is 173 Å². The maximum absolute atomic E-state index is 12.3. The van der Waals surface area contributed by atoms with Gasteiger partial charge in [-0.1, -0.05) is 35.9 Å². The first-order chi connectivity index (χ1) is 14.1. The molecule has 0 aliphatic heterocycles. The van der Waals surface area contributed by atoms with Gasteiger partial charge in [0.25, 0.3) is 11.8 Å². The predicted octanol–water partition coefficient (Wildman–Crippen LogP) is 4.62. The molecule has 0 unspecified atom stereocenters. The lowest BCUT2D eigenvalue weighted by Gasteiger charge is -2.11. The predicted molar refractivity (Wildman–Crippen MR) is 113 cm³/mol. The van der Waals surface area contributed by atoms with Gasteiger partial charge in [0.1, 0.15) is 11.5 Å². The Morgan fingerprint density at radius 3 is 2.21 bits per heavy atom. The van der Waals surface area contributed by atoms with E-state index >= 15 is 0 Å². The number of halogens is 1. The van der Waals surface area contributed by atoms with Crippen LogP contribution in [0.2, 0.25) is 5.02 Å². The van der Waals surface area contributed by atoms with E-state index in [1.165, 1.54) is 7.11 Å². The minimum atomic E-state index is -0.324. The van der Waals surface area contributed by atoms with Gasteiger partial charge < -0.3 is 20.1 Å². The number of nitrogens with one attached hydrogen (secondary N) is 2. The first-order valence-corrected chi connectivity index (χ1v) is 9.16. The standard InChI is InChI=1S/C22H19ClN2O4/c1-28-20-9-5-4-8-19(20)24-21(26)14-29-16-12-10-15(11-13-16)22(27)25-18-7-3-2-6-17(18)23/h2-13H,14H2,1H3,(H,24,26)(H,25,27). The van der Waals surface area contributed by atoms with E-state index in [1.54, 1.807) is 66.7 Å². The molecule has 2 N–H and O–H groups in total. The Morgan fingerprint density at radius 2 is 1.52 bits per heavy atom. The van der Waals surface area contributed by atoms with E-state index in [4.69, 9.17) is 21.1 Å². The topological polar surface area (TPSA) is 76.7 Å². The third-order valence-electron chi connectivity index (χ3n) is 3.99. The van der Waals surface area contributed by atoms with Crippen molar-refractivity contribution in [2.45, 2.75) is 0 Å². The van der Waals surface area contributed by atoms with Crippen molar-refractivity contribution in [2.24, 2.45) is 0 Å². The van der Waals surface area contributed by atoms with Gasteiger partial charge in [0, 0.05) is 5.56 Å². The molecule has 6 nitrogen and oxygen atoms in total. The van der Waals surface area contributed by atoms with Gasteiger partial charge in [-0.2, -0.15) is 0 Å². The lowest BCUT2D eigenvalue weighted by Crippen LogP contribution is -2.20. The Bertz CT molecular complexity index is 1010. The number of carbonyl (C=O) groups is 2. The molecule has 0 aliphatic carbocycles. The second-order valence-electron chi connectivity index (χ2n) is 6.00. The monoisotopic (exact) mass is 410 g/mol. The van der Waals surface area contributed by atoms with Crippen LogP contribution in [-0.2, 0) is 4.79 Å². The summed E-state index contributed by atoms with van der Waals surface area (Å²) in [6.07, 6.45) is 0. The van der Waals surface area contributed by atoms with Gasteiger partial charge in [0.15, 0.2) is 6.61 Å². The smallest absolute Gasteiger partial charge is 0.262 e. The molecular formula is C22H19ClN2O4. The Hall–Kier alpha value is -3.51. The summed E-state index contributed by atoms with van der Waals surface area (Å²) >= 11 is 6.05. The summed E-state index contributed by atoms with van der Waals surface area (Å²) in [5, 5.41) is 5.94. The molecule has 0 radical (unpaired) electrons. The number of amides is 2. The molecule has 3 aromatic rings. The summed E-state index contributed by atoms with van der Waals surface area (Å²) in [5.41, 5.74) is 1.54. The van der Waals surface area contributed by atoms with Gasteiger partial charge in [-0.15, -0.1) is 0 Å². The fraction of sp³-hybridized carbons (Fsp3) is 0.0909. The maximum Gasteiger partial charge on any atom is 0.262 e. The number of ether oxygens (including phenoxy) is 2.